The van der Waals surface area contributed by atoms with Gasteiger partial charge in [0.2, 0.25) is 0 Å². The van der Waals surface area contributed by atoms with Crippen LogP contribution in [0.15, 0.2) is 12.3 Å². The Hall–Kier alpha value is -0.360. The van der Waals surface area contributed by atoms with Crippen molar-refractivity contribution in [3.05, 3.63) is 28.8 Å². The molecule has 0 amide bonds. The van der Waals surface area contributed by atoms with Crippen molar-refractivity contribution in [3.63, 3.8) is 0 Å². The van der Waals surface area contributed by atoms with Crippen molar-refractivity contribution in [2.45, 2.75) is 12.2 Å². The Labute approximate surface area is 91.0 Å². The minimum Gasteiger partial charge on any atom is -0.389 e. The lowest BCUT2D eigenvalue weighted by Gasteiger charge is -2.16. The fourth-order valence-corrected chi connectivity index (χ4v) is 1.33. The molecule has 0 aliphatic heterocycles. The van der Waals surface area contributed by atoms with Gasteiger partial charge in [0.15, 0.2) is 0 Å². The highest BCUT2D eigenvalue weighted by Crippen LogP contribution is 2.22. The third-order valence-corrected chi connectivity index (χ3v) is 2.30. The molecule has 0 aromatic carbocycles. The van der Waals surface area contributed by atoms with Gasteiger partial charge in [-0.25, -0.2) is 9.37 Å². The predicted molar refractivity (Wildman–Crippen MR) is 54.0 cm³/mol. The van der Waals surface area contributed by atoms with Gasteiger partial charge in [-0.05, 0) is 6.07 Å². The summed E-state index contributed by atoms with van der Waals surface area (Å²) in [6.45, 7) is 0. The van der Waals surface area contributed by atoms with E-state index in [-0.39, 0.29) is 16.5 Å². The van der Waals surface area contributed by atoms with Crippen molar-refractivity contribution >= 4 is 24.2 Å². The van der Waals surface area contributed by atoms with Gasteiger partial charge in [-0.1, -0.05) is 11.6 Å². The number of aliphatic hydroxyl groups is 2. The molecule has 1 heterocycles. The van der Waals surface area contributed by atoms with E-state index in [9.17, 15) is 14.6 Å². The second kappa shape index (κ2) is 4.93. The Kier molecular flexibility index (Phi) is 4.12. The van der Waals surface area contributed by atoms with Crippen LogP contribution in [0.4, 0.5) is 4.39 Å². The van der Waals surface area contributed by atoms with E-state index < -0.39 is 18.0 Å². The van der Waals surface area contributed by atoms with Gasteiger partial charge < -0.3 is 10.2 Å². The van der Waals surface area contributed by atoms with Gasteiger partial charge >= 0.3 is 0 Å². The molecule has 14 heavy (non-hydrogen) atoms. The molecule has 0 bridgehead atoms. The molecule has 0 saturated heterocycles. The highest BCUT2D eigenvalue weighted by atomic mass is 35.5. The SMILES string of the molecule is OC(CS)C(O)c1cc(Cl)ncc1F. The maximum Gasteiger partial charge on any atom is 0.147 e. The highest BCUT2D eigenvalue weighted by molar-refractivity contribution is 7.80. The Morgan fingerprint density at radius 1 is 1.57 bits per heavy atom. The van der Waals surface area contributed by atoms with Gasteiger partial charge in [-0.2, -0.15) is 12.6 Å². The molecule has 78 valence electrons. The number of thiol groups is 1. The molecule has 1 aromatic heterocycles. The summed E-state index contributed by atoms with van der Waals surface area (Å²) < 4.78 is 13.1. The fraction of sp³-hybridized carbons (Fsp3) is 0.375. The molecular weight excluding hydrogens is 229 g/mol. The number of nitrogens with zero attached hydrogens (tertiary/aromatic N) is 1. The van der Waals surface area contributed by atoms with E-state index in [0.717, 1.165) is 6.20 Å². The number of hydrogen-bond donors (Lipinski definition) is 3. The van der Waals surface area contributed by atoms with Gasteiger partial charge in [-0.15, -0.1) is 0 Å². The van der Waals surface area contributed by atoms with E-state index in [2.05, 4.69) is 17.6 Å². The van der Waals surface area contributed by atoms with Crippen LogP contribution >= 0.6 is 24.2 Å². The topological polar surface area (TPSA) is 53.4 Å². The van der Waals surface area contributed by atoms with Crippen LogP contribution in [0.5, 0.6) is 0 Å². The predicted octanol–water partition coefficient (Wildman–Crippen LogP) is 1.20. The smallest absolute Gasteiger partial charge is 0.147 e. The number of aliphatic hydroxyl groups excluding tert-OH is 2. The van der Waals surface area contributed by atoms with Gasteiger partial charge in [0.1, 0.15) is 17.1 Å². The minimum atomic E-state index is -1.34. The number of aromatic nitrogens is 1. The lowest BCUT2D eigenvalue weighted by atomic mass is 10.1. The average Bonchev–Trinajstić information content (AvgIpc) is 2.19. The highest BCUT2D eigenvalue weighted by Gasteiger charge is 2.20. The Morgan fingerprint density at radius 2 is 2.21 bits per heavy atom. The van der Waals surface area contributed by atoms with Crippen molar-refractivity contribution in [2.24, 2.45) is 0 Å². The summed E-state index contributed by atoms with van der Waals surface area (Å²) in [4.78, 5) is 3.49. The molecule has 0 aliphatic rings. The minimum absolute atomic E-state index is 0.0283. The molecule has 0 aliphatic carbocycles. The summed E-state index contributed by atoms with van der Waals surface area (Å²) in [5.41, 5.74) is -0.0773. The molecule has 2 N–H and O–H groups in total. The first-order chi connectivity index (χ1) is 6.56. The molecule has 0 spiro atoms. The zero-order valence-electron chi connectivity index (χ0n) is 7.06. The van der Waals surface area contributed by atoms with Crippen LogP contribution in [0.3, 0.4) is 0 Å². The first-order valence-corrected chi connectivity index (χ1v) is 4.85. The summed E-state index contributed by atoms with van der Waals surface area (Å²) in [6, 6.07) is 1.17. The van der Waals surface area contributed by atoms with Gasteiger partial charge in [0.25, 0.3) is 0 Å². The fourth-order valence-electron chi connectivity index (χ4n) is 0.961. The van der Waals surface area contributed by atoms with Crippen molar-refractivity contribution in [2.75, 3.05) is 5.75 Å². The van der Waals surface area contributed by atoms with Crippen molar-refractivity contribution in [3.8, 4) is 0 Å². The lowest BCUT2D eigenvalue weighted by Crippen LogP contribution is -2.20. The monoisotopic (exact) mass is 237 g/mol. The molecule has 6 heteroatoms. The quantitative estimate of drug-likeness (QED) is 0.547. The molecule has 2 atom stereocenters. The van der Waals surface area contributed by atoms with Crippen molar-refractivity contribution < 1.29 is 14.6 Å². The lowest BCUT2D eigenvalue weighted by molar-refractivity contribution is 0.0314. The van der Waals surface area contributed by atoms with Crippen LogP contribution in [-0.4, -0.2) is 27.1 Å². The van der Waals surface area contributed by atoms with Gasteiger partial charge in [-0.3, -0.25) is 0 Å². The van der Waals surface area contributed by atoms with Crippen LogP contribution in [0, 0.1) is 5.82 Å². The van der Waals surface area contributed by atoms with E-state index in [1.807, 2.05) is 0 Å². The number of hydrogen-bond acceptors (Lipinski definition) is 4. The van der Waals surface area contributed by atoms with Gasteiger partial charge in [0, 0.05) is 11.3 Å². The summed E-state index contributed by atoms with van der Waals surface area (Å²) in [5.74, 6) is -0.677. The molecular formula is C8H9ClFNO2S. The van der Waals surface area contributed by atoms with Crippen molar-refractivity contribution in [1.29, 1.82) is 0 Å². The maximum absolute atomic E-state index is 13.1. The second-order valence-electron chi connectivity index (χ2n) is 2.72. The van der Waals surface area contributed by atoms with Crippen LogP contribution < -0.4 is 0 Å². The van der Waals surface area contributed by atoms with Crippen molar-refractivity contribution in [1.82, 2.24) is 4.98 Å². The summed E-state index contributed by atoms with van der Waals surface area (Å²) in [6.07, 6.45) is -1.58. The Bertz CT molecular complexity index is 326. The molecule has 1 aromatic rings. The number of pyridine rings is 1. The van der Waals surface area contributed by atoms with E-state index >= 15 is 0 Å². The van der Waals surface area contributed by atoms with E-state index in [1.165, 1.54) is 6.07 Å². The third-order valence-electron chi connectivity index (χ3n) is 1.72. The maximum atomic E-state index is 13.1. The number of rotatable bonds is 3. The molecule has 0 saturated carbocycles. The van der Waals surface area contributed by atoms with Crippen LogP contribution in [0.25, 0.3) is 0 Å². The van der Waals surface area contributed by atoms with Crippen LogP contribution in [-0.2, 0) is 0 Å². The second-order valence-corrected chi connectivity index (χ2v) is 3.48. The molecule has 2 unspecified atom stereocenters. The molecule has 3 nitrogen and oxygen atoms in total. The summed E-state index contributed by atoms with van der Waals surface area (Å²) >= 11 is 9.30. The first kappa shape index (κ1) is 11.7. The Morgan fingerprint density at radius 3 is 2.79 bits per heavy atom. The normalized spacial score (nSPS) is 15.2. The summed E-state index contributed by atoms with van der Waals surface area (Å²) in [5, 5.41) is 18.8. The zero-order valence-corrected chi connectivity index (χ0v) is 8.71. The van der Waals surface area contributed by atoms with Crippen LogP contribution in [0.2, 0.25) is 5.15 Å². The van der Waals surface area contributed by atoms with E-state index in [4.69, 9.17) is 11.6 Å². The largest absolute Gasteiger partial charge is 0.389 e. The van der Waals surface area contributed by atoms with Crippen LogP contribution in [0.1, 0.15) is 11.7 Å². The number of halogens is 2. The molecule has 0 fully saturated rings. The third kappa shape index (κ3) is 2.57. The van der Waals surface area contributed by atoms with E-state index in [0.29, 0.717) is 0 Å². The molecule has 0 radical (unpaired) electrons. The summed E-state index contributed by atoms with van der Waals surface area (Å²) in [7, 11) is 0. The Balaban J connectivity index is 2.99. The first-order valence-electron chi connectivity index (χ1n) is 3.84. The standard InChI is InChI=1S/C8H9ClFNO2S/c9-7-1-4(5(10)2-11-7)8(13)6(12)3-14/h1-2,6,8,12-14H,3H2. The van der Waals surface area contributed by atoms with E-state index in [1.54, 1.807) is 0 Å². The zero-order chi connectivity index (χ0) is 10.7. The van der Waals surface area contributed by atoms with Gasteiger partial charge in [0.05, 0.1) is 12.3 Å². The average molecular weight is 238 g/mol. The molecule has 1 rings (SSSR count).